The van der Waals surface area contributed by atoms with E-state index in [2.05, 4.69) is 15.6 Å². The van der Waals surface area contributed by atoms with Gasteiger partial charge in [0.1, 0.15) is 30.7 Å². The number of nitrogens with one attached hydrogen (secondary N) is 1. The minimum absolute atomic E-state index is 0.263. The monoisotopic (exact) mass is 533 g/mol. The fraction of sp³-hybridized carbons (Fsp3) is 0.233. The highest BCUT2D eigenvalue weighted by molar-refractivity contribution is 6.38. The number of methoxy groups -OCH3 is 2. The van der Waals surface area contributed by atoms with E-state index in [1.807, 2.05) is 62.4 Å². The van der Waals surface area contributed by atoms with Gasteiger partial charge in [-0.3, -0.25) is 0 Å². The van der Waals surface area contributed by atoms with Gasteiger partial charge in [-0.15, -0.1) is 0 Å². The number of carbonyl (C=O) groups excluding carboxylic acids is 1. The van der Waals surface area contributed by atoms with Crippen LogP contribution in [0.25, 0.3) is 5.57 Å². The van der Waals surface area contributed by atoms with Crippen molar-refractivity contribution in [2.45, 2.75) is 26.6 Å². The van der Waals surface area contributed by atoms with Crippen molar-refractivity contribution in [3.8, 4) is 0 Å². The molecular formula is C30H32FN3O5. The number of halogens is 1. The maximum Gasteiger partial charge on any atom is 0.341 e. The highest BCUT2D eigenvalue weighted by atomic mass is 19.1. The molecule has 0 saturated heterocycles. The van der Waals surface area contributed by atoms with E-state index in [9.17, 15) is 9.18 Å². The van der Waals surface area contributed by atoms with Gasteiger partial charge in [0, 0.05) is 22.5 Å². The number of esters is 1. The number of carbonyl (C=O) groups is 1. The Kier molecular flexibility index (Phi) is 11.1. The van der Waals surface area contributed by atoms with Gasteiger partial charge in [0.15, 0.2) is 0 Å². The molecule has 0 heterocycles. The Hall–Kier alpha value is -4.66. The molecule has 8 nitrogen and oxygen atoms in total. The van der Waals surface area contributed by atoms with E-state index < -0.39 is 18.7 Å². The number of alkyl halides is 1. The van der Waals surface area contributed by atoms with Crippen LogP contribution in [-0.2, 0) is 30.6 Å². The fourth-order valence-electron chi connectivity index (χ4n) is 3.68. The molecule has 0 aliphatic heterocycles. The van der Waals surface area contributed by atoms with Crippen LogP contribution in [0.1, 0.15) is 42.2 Å². The molecule has 0 spiro atoms. The minimum Gasteiger partial charge on any atom is -0.503 e. The van der Waals surface area contributed by atoms with Gasteiger partial charge in [0.25, 0.3) is 0 Å². The summed E-state index contributed by atoms with van der Waals surface area (Å²) < 4.78 is 23.0. The largest absolute Gasteiger partial charge is 0.503 e. The Bertz CT molecular complexity index is 1320. The van der Waals surface area contributed by atoms with E-state index in [-0.39, 0.29) is 5.57 Å². The molecule has 0 saturated carbocycles. The first-order chi connectivity index (χ1) is 19.0. The quantitative estimate of drug-likeness (QED) is 0.0879. The minimum atomic E-state index is -0.529. The van der Waals surface area contributed by atoms with Crippen molar-refractivity contribution in [2.75, 3.05) is 26.1 Å². The Morgan fingerprint density at radius 2 is 1.79 bits per heavy atom. The topological polar surface area (TPSA) is 90.7 Å². The zero-order valence-electron chi connectivity index (χ0n) is 22.4. The zero-order valence-corrected chi connectivity index (χ0v) is 22.4. The summed E-state index contributed by atoms with van der Waals surface area (Å²) in [6.45, 7) is 3.51. The summed E-state index contributed by atoms with van der Waals surface area (Å²) in [6.07, 6.45) is 2.29. The number of anilines is 2. The molecule has 0 amide bonds. The van der Waals surface area contributed by atoms with Gasteiger partial charge < -0.3 is 24.5 Å². The van der Waals surface area contributed by atoms with Crippen molar-refractivity contribution < 1.29 is 28.3 Å². The lowest BCUT2D eigenvalue weighted by Crippen LogP contribution is -2.09. The summed E-state index contributed by atoms with van der Waals surface area (Å²) in [4.78, 5) is 23.3. The standard InChI is InChI=1S/C30H32FN3O5/c1-5-38-34-29(23-13-15-24(16-14-23)33-25-10-8-9-22(17-25)18-31)19-32-39-21(2)26-11-6-7-12-27(26)28(20-36-3)30(35)37-4/h6-17,19-21,33H,5,18H2,1-4H3. The van der Waals surface area contributed by atoms with Gasteiger partial charge >= 0.3 is 5.97 Å². The summed E-state index contributed by atoms with van der Waals surface area (Å²) in [5.74, 6) is -0.529. The molecule has 3 rings (SSSR count). The molecule has 204 valence electrons. The first-order valence-corrected chi connectivity index (χ1v) is 12.3. The molecule has 0 bridgehead atoms. The Morgan fingerprint density at radius 1 is 1.03 bits per heavy atom. The molecule has 3 aromatic carbocycles. The second kappa shape index (κ2) is 14.9. The van der Waals surface area contributed by atoms with Crippen LogP contribution < -0.4 is 5.32 Å². The van der Waals surface area contributed by atoms with Crippen molar-refractivity contribution >= 4 is 34.8 Å². The van der Waals surface area contributed by atoms with Crippen LogP contribution >= 0.6 is 0 Å². The summed E-state index contributed by atoms with van der Waals surface area (Å²) in [6, 6.07) is 21.9. The Balaban J connectivity index is 1.76. The van der Waals surface area contributed by atoms with Crippen molar-refractivity contribution in [1.82, 2.24) is 0 Å². The third-order valence-electron chi connectivity index (χ3n) is 5.57. The summed E-state index contributed by atoms with van der Waals surface area (Å²) in [7, 11) is 2.77. The molecule has 0 aliphatic rings. The molecule has 1 N–H and O–H groups in total. The normalized spacial score (nSPS) is 12.6. The van der Waals surface area contributed by atoms with Crippen LogP contribution in [0.15, 0.2) is 89.4 Å². The van der Waals surface area contributed by atoms with Crippen LogP contribution in [0.5, 0.6) is 0 Å². The highest BCUT2D eigenvalue weighted by Gasteiger charge is 2.20. The third-order valence-corrected chi connectivity index (χ3v) is 5.57. The van der Waals surface area contributed by atoms with Gasteiger partial charge in [0.2, 0.25) is 0 Å². The van der Waals surface area contributed by atoms with E-state index in [4.69, 9.17) is 19.1 Å². The Labute approximate surface area is 227 Å². The molecule has 39 heavy (non-hydrogen) atoms. The van der Waals surface area contributed by atoms with Crippen LogP contribution in [0.2, 0.25) is 0 Å². The predicted octanol–water partition coefficient (Wildman–Crippen LogP) is 6.56. The fourth-order valence-corrected chi connectivity index (χ4v) is 3.68. The lowest BCUT2D eigenvalue weighted by atomic mass is 9.97. The lowest BCUT2D eigenvalue weighted by Gasteiger charge is -2.16. The molecule has 3 aromatic rings. The number of oxime groups is 2. The number of ether oxygens (including phenoxy) is 2. The summed E-state index contributed by atoms with van der Waals surface area (Å²) in [5, 5.41) is 11.6. The van der Waals surface area contributed by atoms with E-state index >= 15 is 0 Å². The van der Waals surface area contributed by atoms with Crippen LogP contribution in [0.4, 0.5) is 15.8 Å². The molecule has 0 aromatic heterocycles. The van der Waals surface area contributed by atoms with Crippen molar-refractivity contribution in [2.24, 2.45) is 10.3 Å². The second-order valence-electron chi connectivity index (χ2n) is 8.26. The van der Waals surface area contributed by atoms with E-state index in [0.717, 1.165) is 22.5 Å². The number of rotatable bonds is 13. The molecular weight excluding hydrogens is 501 g/mol. The van der Waals surface area contributed by atoms with Gasteiger partial charge in [-0.2, -0.15) is 0 Å². The van der Waals surface area contributed by atoms with E-state index in [1.54, 1.807) is 24.3 Å². The number of hydrogen-bond donors (Lipinski definition) is 1. The average molecular weight is 534 g/mol. The molecule has 0 fully saturated rings. The molecule has 0 aliphatic carbocycles. The smallest absolute Gasteiger partial charge is 0.341 e. The third kappa shape index (κ3) is 8.16. The SMILES string of the molecule is CCON=C(C=NOC(C)c1ccccc1C(=COC)C(=O)OC)c1ccc(Nc2cccc(CF)c2)cc1. The zero-order chi connectivity index (χ0) is 28.0. The van der Waals surface area contributed by atoms with Crippen LogP contribution in [-0.4, -0.2) is 38.7 Å². The lowest BCUT2D eigenvalue weighted by molar-refractivity contribution is -0.133. The maximum absolute atomic E-state index is 13.0. The van der Waals surface area contributed by atoms with Crippen LogP contribution in [0.3, 0.4) is 0 Å². The predicted molar refractivity (Wildman–Crippen MR) is 151 cm³/mol. The number of benzene rings is 3. The number of hydrogen-bond acceptors (Lipinski definition) is 8. The highest BCUT2D eigenvalue weighted by Crippen LogP contribution is 2.28. The van der Waals surface area contributed by atoms with Gasteiger partial charge in [0.05, 0.1) is 26.7 Å². The maximum atomic E-state index is 13.0. The summed E-state index contributed by atoms with van der Waals surface area (Å²) in [5.41, 5.74) is 5.03. The first-order valence-electron chi connectivity index (χ1n) is 12.3. The van der Waals surface area contributed by atoms with Crippen LogP contribution in [0, 0.1) is 0 Å². The second-order valence-corrected chi connectivity index (χ2v) is 8.26. The average Bonchev–Trinajstić information content (AvgIpc) is 2.97. The van der Waals surface area contributed by atoms with Gasteiger partial charge in [-0.25, -0.2) is 9.18 Å². The van der Waals surface area contributed by atoms with Crippen molar-refractivity contribution in [3.05, 3.63) is 101 Å². The van der Waals surface area contributed by atoms with E-state index in [0.29, 0.717) is 23.4 Å². The van der Waals surface area contributed by atoms with Gasteiger partial charge in [-0.1, -0.05) is 58.8 Å². The Morgan fingerprint density at radius 3 is 2.49 bits per heavy atom. The summed E-state index contributed by atoms with van der Waals surface area (Å²) >= 11 is 0. The van der Waals surface area contributed by atoms with Gasteiger partial charge in [-0.05, 0) is 49.2 Å². The van der Waals surface area contributed by atoms with Crippen molar-refractivity contribution in [1.29, 1.82) is 0 Å². The molecule has 9 heteroatoms. The number of nitrogens with zero attached hydrogens (tertiary/aromatic N) is 2. The molecule has 0 radical (unpaired) electrons. The first kappa shape index (κ1) is 28.9. The van der Waals surface area contributed by atoms with Crippen molar-refractivity contribution in [3.63, 3.8) is 0 Å². The molecule has 1 unspecified atom stereocenters. The van der Waals surface area contributed by atoms with E-state index in [1.165, 1.54) is 26.7 Å². The molecule has 1 atom stereocenters.